The predicted molar refractivity (Wildman–Crippen MR) is 111 cm³/mol. The van der Waals surface area contributed by atoms with E-state index in [0.717, 1.165) is 11.1 Å². The Balaban J connectivity index is 1.75. The molecule has 30 heavy (non-hydrogen) atoms. The van der Waals surface area contributed by atoms with E-state index in [0.29, 0.717) is 17.7 Å². The molecule has 0 radical (unpaired) electrons. The topological polar surface area (TPSA) is 72.5 Å². The number of hydrogen-bond acceptors (Lipinski definition) is 4. The average Bonchev–Trinajstić information content (AvgIpc) is 2.85. The number of carbonyl (C=O) groups is 1. The van der Waals surface area contributed by atoms with Gasteiger partial charge in [0.2, 0.25) is 0 Å². The van der Waals surface area contributed by atoms with Crippen LogP contribution in [0.15, 0.2) is 77.7 Å². The molecule has 0 saturated carbocycles. The number of carbonyl (C=O) groups excluding carboxylic acids is 1. The van der Waals surface area contributed by atoms with E-state index in [4.69, 9.17) is 4.18 Å². The van der Waals surface area contributed by atoms with Crippen LogP contribution in [0, 0.1) is 12.7 Å². The highest BCUT2D eigenvalue weighted by Crippen LogP contribution is 2.35. The summed E-state index contributed by atoms with van der Waals surface area (Å²) in [6.45, 7) is 1.85. The summed E-state index contributed by atoms with van der Waals surface area (Å²) in [5.41, 5.74) is 2.69. The first-order valence-electron chi connectivity index (χ1n) is 9.48. The third kappa shape index (κ3) is 4.13. The molecule has 1 aliphatic rings. The maximum atomic E-state index is 13.7. The van der Waals surface area contributed by atoms with Gasteiger partial charge in [-0.25, -0.2) is 4.39 Å². The van der Waals surface area contributed by atoms with E-state index < -0.39 is 33.9 Å². The van der Waals surface area contributed by atoms with Gasteiger partial charge in [-0.3, -0.25) is 8.98 Å². The normalized spacial score (nSPS) is 18.9. The van der Waals surface area contributed by atoms with Crippen molar-refractivity contribution in [1.29, 1.82) is 0 Å². The summed E-state index contributed by atoms with van der Waals surface area (Å²) >= 11 is 0. The minimum absolute atomic E-state index is 0.0273. The van der Waals surface area contributed by atoms with Gasteiger partial charge in [0.05, 0.1) is 4.90 Å². The molecular weight excluding hydrogens is 405 g/mol. The van der Waals surface area contributed by atoms with Crippen LogP contribution in [0.3, 0.4) is 0 Å². The van der Waals surface area contributed by atoms with Crippen LogP contribution in [0.1, 0.15) is 22.6 Å². The molecule has 7 heteroatoms. The lowest BCUT2D eigenvalue weighted by Crippen LogP contribution is -2.36. The number of hydrogen-bond donors (Lipinski definition) is 1. The van der Waals surface area contributed by atoms with Crippen molar-refractivity contribution < 1.29 is 21.8 Å². The Morgan fingerprint density at radius 3 is 2.40 bits per heavy atom. The number of fused-ring (bicyclic) bond motifs is 1. The van der Waals surface area contributed by atoms with Crippen LogP contribution < -0.4 is 5.32 Å². The second kappa shape index (κ2) is 8.01. The summed E-state index contributed by atoms with van der Waals surface area (Å²) in [7, 11) is -4.20. The van der Waals surface area contributed by atoms with Gasteiger partial charge in [-0.2, -0.15) is 8.42 Å². The third-order valence-electron chi connectivity index (χ3n) is 5.16. The van der Waals surface area contributed by atoms with Crippen molar-refractivity contribution in [3.05, 3.63) is 95.3 Å². The van der Waals surface area contributed by atoms with E-state index in [1.807, 2.05) is 37.3 Å². The smallest absolute Gasteiger partial charge is 0.297 e. The fraction of sp³-hybridized carbons (Fsp3) is 0.174. The molecule has 0 aliphatic carbocycles. The number of benzene rings is 3. The molecule has 2 atom stereocenters. The molecule has 0 saturated heterocycles. The maximum absolute atomic E-state index is 13.7. The summed E-state index contributed by atoms with van der Waals surface area (Å²) in [4.78, 5) is 13.0. The largest absolute Gasteiger partial charge is 0.323 e. The summed E-state index contributed by atoms with van der Waals surface area (Å²) in [5.74, 6) is -1.70. The fourth-order valence-corrected chi connectivity index (χ4v) is 4.65. The highest BCUT2D eigenvalue weighted by atomic mass is 32.2. The van der Waals surface area contributed by atoms with Crippen molar-refractivity contribution in [2.45, 2.75) is 30.3 Å². The number of amides is 1. The minimum Gasteiger partial charge on any atom is -0.323 e. The van der Waals surface area contributed by atoms with Gasteiger partial charge >= 0.3 is 0 Å². The predicted octanol–water partition coefficient (Wildman–Crippen LogP) is 4.19. The first kappa shape index (κ1) is 20.3. The number of aryl methyl sites for hydroxylation is 1. The molecule has 1 amide bonds. The Hall–Kier alpha value is -3.03. The Kier molecular flexibility index (Phi) is 5.40. The molecule has 4 rings (SSSR count). The van der Waals surface area contributed by atoms with E-state index >= 15 is 0 Å². The number of rotatable bonds is 4. The lowest BCUT2D eigenvalue weighted by atomic mass is 9.88. The standard InChI is InChI=1S/C23H20FNO4S/c1-15-7-11-19(12-8-15)30(27,28)29-22-20(16-5-3-2-4-6-16)13-17-9-10-18(24)14-21(17)25-23(22)26/h2-12,14,20,22H,13H2,1H3,(H,25,26). The van der Waals surface area contributed by atoms with Crippen LogP contribution >= 0.6 is 0 Å². The van der Waals surface area contributed by atoms with Crippen LogP contribution in [-0.4, -0.2) is 20.4 Å². The zero-order chi connectivity index (χ0) is 21.3. The van der Waals surface area contributed by atoms with Crippen molar-refractivity contribution in [1.82, 2.24) is 0 Å². The lowest BCUT2D eigenvalue weighted by Gasteiger charge is -2.24. The van der Waals surface area contributed by atoms with Gasteiger partial charge < -0.3 is 5.32 Å². The lowest BCUT2D eigenvalue weighted by molar-refractivity contribution is -0.123. The second-order valence-corrected chi connectivity index (χ2v) is 8.87. The van der Waals surface area contributed by atoms with Gasteiger partial charge in [0.1, 0.15) is 5.82 Å². The van der Waals surface area contributed by atoms with E-state index in [2.05, 4.69) is 5.32 Å². The van der Waals surface area contributed by atoms with Gasteiger partial charge in [0.25, 0.3) is 16.0 Å². The number of nitrogens with one attached hydrogen (secondary N) is 1. The van der Waals surface area contributed by atoms with Crippen LogP contribution in [0.25, 0.3) is 0 Å². The first-order chi connectivity index (χ1) is 14.3. The third-order valence-corrected chi connectivity index (χ3v) is 6.47. The molecule has 0 fully saturated rings. The molecule has 1 N–H and O–H groups in total. The zero-order valence-corrected chi connectivity index (χ0v) is 17.0. The maximum Gasteiger partial charge on any atom is 0.297 e. The Morgan fingerprint density at radius 1 is 1.00 bits per heavy atom. The molecule has 1 heterocycles. The molecule has 0 spiro atoms. The molecule has 1 aliphatic heterocycles. The van der Waals surface area contributed by atoms with Crippen molar-refractivity contribution in [2.24, 2.45) is 0 Å². The van der Waals surface area contributed by atoms with Crippen LogP contribution in [0.2, 0.25) is 0 Å². The molecule has 154 valence electrons. The summed E-state index contributed by atoms with van der Waals surface area (Å²) in [6, 6.07) is 19.5. The Bertz CT molecular complexity index is 1180. The van der Waals surface area contributed by atoms with Gasteiger partial charge in [-0.05, 0) is 48.7 Å². The van der Waals surface area contributed by atoms with Crippen LogP contribution in [0.4, 0.5) is 10.1 Å². The number of halogens is 1. The Morgan fingerprint density at radius 2 is 1.70 bits per heavy atom. The van der Waals surface area contributed by atoms with Gasteiger partial charge in [-0.15, -0.1) is 0 Å². The van der Waals surface area contributed by atoms with Gasteiger partial charge in [0.15, 0.2) is 6.10 Å². The van der Waals surface area contributed by atoms with Crippen LogP contribution in [-0.2, 0) is 25.5 Å². The molecule has 3 aromatic rings. The Labute approximate surface area is 174 Å². The molecule has 0 bridgehead atoms. The number of anilines is 1. The molecule has 0 aromatic heterocycles. The van der Waals surface area contributed by atoms with Gasteiger partial charge in [-0.1, -0.05) is 54.1 Å². The summed E-state index contributed by atoms with van der Waals surface area (Å²) < 4.78 is 45.0. The molecule has 2 unspecified atom stereocenters. The van der Waals surface area contributed by atoms with E-state index in [1.54, 1.807) is 18.2 Å². The highest BCUT2D eigenvalue weighted by molar-refractivity contribution is 7.86. The van der Waals surface area contributed by atoms with E-state index in [-0.39, 0.29) is 4.90 Å². The van der Waals surface area contributed by atoms with Crippen LogP contribution in [0.5, 0.6) is 0 Å². The summed E-state index contributed by atoms with van der Waals surface area (Å²) in [5, 5.41) is 2.63. The monoisotopic (exact) mass is 425 g/mol. The highest BCUT2D eigenvalue weighted by Gasteiger charge is 2.38. The zero-order valence-electron chi connectivity index (χ0n) is 16.2. The van der Waals surface area contributed by atoms with E-state index in [9.17, 15) is 17.6 Å². The minimum atomic E-state index is -4.20. The molecule has 5 nitrogen and oxygen atoms in total. The fourth-order valence-electron chi connectivity index (χ4n) is 3.57. The molecule has 3 aromatic carbocycles. The van der Waals surface area contributed by atoms with E-state index in [1.165, 1.54) is 24.3 Å². The van der Waals surface area contributed by atoms with Gasteiger partial charge in [0, 0.05) is 11.6 Å². The molecular formula is C23H20FNO4S. The SMILES string of the molecule is Cc1ccc(S(=O)(=O)OC2C(=O)Nc3cc(F)ccc3CC2c2ccccc2)cc1. The van der Waals surface area contributed by atoms with Crippen molar-refractivity contribution in [2.75, 3.05) is 5.32 Å². The van der Waals surface area contributed by atoms with Crippen molar-refractivity contribution >= 4 is 21.7 Å². The average molecular weight is 425 g/mol. The quantitative estimate of drug-likeness (QED) is 0.637. The van der Waals surface area contributed by atoms with Crippen molar-refractivity contribution in [3.8, 4) is 0 Å². The van der Waals surface area contributed by atoms with Crippen molar-refractivity contribution in [3.63, 3.8) is 0 Å². The second-order valence-electron chi connectivity index (χ2n) is 7.30. The first-order valence-corrected chi connectivity index (χ1v) is 10.9. The summed E-state index contributed by atoms with van der Waals surface area (Å²) in [6.07, 6.45) is -0.999.